The van der Waals surface area contributed by atoms with Gasteiger partial charge in [0.1, 0.15) is 5.75 Å². The van der Waals surface area contributed by atoms with Gasteiger partial charge in [0.05, 0.1) is 13.7 Å². The zero-order chi connectivity index (χ0) is 13.8. The molecule has 0 aliphatic carbocycles. The molecule has 0 spiro atoms. The van der Waals surface area contributed by atoms with Crippen LogP contribution >= 0.6 is 0 Å². The lowest BCUT2D eigenvalue weighted by molar-refractivity contribution is 0.151. The van der Waals surface area contributed by atoms with Crippen LogP contribution in [0.4, 0.5) is 5.69 Å². The van der Waals surface area contributed by atoms with Gasteiger partial charge in [-0.05, 0) is 25.1 Å². The SMILES string of the molecule is COc1cccc(N2CC(C)CN(C)C(CO)C2)c1. The molecule has 1 aromatic carbocycles. The zero-order valence-electron chi connectivity index (χ0n) is 12.0. The maximum absolute atomic E-state index is 9.55. The first-order chi connectivity index (χ1) is 9.13. The van der Waals surface area contributed by atoms with Crippen LogP contribution < -0.4 is 9.64 Å². The number of nitrogens with zero attached hydrogens (tertiary/aromatic N) is 2. The van der Waals surface area contributed by atoms with Gasteiger partial charge in [-0.2, -0.15) is 0 Å². The van der Waals surface area contributed by atoms with Gasteiger partial charge in [0, 0.05) is 37.4 Å². The van der Waals surface area contributed by atoms with Crippen molar-refractivity contribution in [2.24, 2.45) is 5.92 Å². The number of anilines is 1. The summed E-state index contributed by atoms with van der Waals surface area (Å²) in [7, 11) is 3.78. The Morgan fingerprint density at radius 2 is 2.11 bits per heavy atom. The van der Waals surface area contributed by atoms with Crippen LogP contribution in [0.5, 0.6) is 5.75 Å². The van der Waals surface area contributed by atoms with Gasteiger partial charge < -0.3 is 14.7 Å². The number of aliphatic hydroxyl groups is 1. The smallest absolute Gasteiger partial charge is 0.120 e. The van der Waals surface area contributed by atoms with E-state index >= 15 is 0 Å². The van der Waals surface area contributed by atoms with Gasteiger partial charge in [-0.1, -0.05) is 13.0 Å². The molecular weight excluding hydrogens is 240 g/mol. The fraction of sp³-hybridized carbons (Fsp3) is 0.600. The van der Waals surface area contributed by atoms with Crippen LogP contribution in [-0.2, 0) is 0 Å². The molecule has 2 unspecified atom stereocenters. The standard InChI is InChI=1S/C15H24N2O2/c1-12-8-16(2)14(11-18)10-17(9-12)13-5-4-6-15(7-13)19-3/h4-7,12,14,18H,8-11H2,1-3H3. The molecule has 106 valence electrons. The second-order valence-corrected chi connectivity index (χ2v) is 5.49. The van der Waals surface area contributed by atoms with Crippen molar-refractivity contribution in [3.8, 4) is 5.75 Å². The minimum absolute atomic E-state index is 0.191. The normalized spacial score (nSPS) is 25.2. The van der Waals surface area contributed by atoms with E-state index in [1.165, 1.54) is 5.69 Å². The molecular formula is C15H24N2O2. The number of aliphatic hydroxyl groups excluding tert-OH is 1. The molecule has 0 radical (unpaired) electrons. The molecule has 1 aromatic rings. The molecule has 1 aliphatic rings. The van der Waals surface area contributed by atoms with Crippen molar-refractivity contribution in [1.29, 1.82) is 0 Å². The van der Waals surface area contributed by atoms with E-state index in [9.17, 15) is 5.11 Å². The van der Waals surface area contributed by atoms with Crippen LogP contribution in [-0.4, -0.2) is 56.4 Å². The van der Waals surface area contributed by atoms with E-state index in [2.05, 4.69) is 35.9 Å². The van der Waals surface area contributed by atoms with E-state index in [1.807, 2.05) is 12.1 Å². The minimum atomic E-state index is 0.191. The van der Waals surface area contributed by atoms with Crippen LogP contribution in [0.15, 0.2) is 24.3 Å². The van der Waals surface area contributed by atoms with E-state index in [1.54, 1.807) is 7.11 Å². The average Bonchev–Trinajstić information content (AvgIpc) is 2.56. The Morgan fingerprint density at radius 1 is 1.32 bits per heavy atom. The van der Waals surface area contributed by atoms with Crippen LogP contribution in [0.2, 0.25) is 0 Å². The fourth-order valence-corrected chi connectivity index (χ4v) is 2.76. The first-order valence-electron chi connectivity index (χ1n) is 6.84. The maximum atomic E-state index is 9.55. The third-order valence-corrected chi connectivity index (χ3v) is 3.82. The summed E-state index contributed by atoms with van der Waals surface area (Å²) in [6.07, 6.45) is 0. The Bertz CT molecular complexity index is 411. The van der Waals surface area contributed by atoms with E-state index in [0.717, 1.165) is 25.4 Å². The summed E-state index contributed by atoms with van der Waals surface area (Å²) in [5.41, 5.74) is 1.17. The van der Waals surface area contributed by atoms with Gasteiger partial charge in [0.2, 0.25) is 0 Å². The molecule has 2 atom stereocenters. The molecule has 1 heterocycles. The number of ether oxygens (including phenoxy) is 1. The second-order valence-electron chi connectivity index (χ2n) is 5.49. The summed E-state index contributed by atoms with van der Waals surface area (Å²) in [6.45, 7) is 5.33. The van der Waals surface area contributed by atoms with Crippen molar-refractivity contribution in [3.63, 3.8) is 0 Å². The molecule has 1 aliphatic heterocycles. The summed E-state index contributed by atoms with van der Waals surface area (Å²) in [4.78, 5) is 4.60. The molecule has 0 amide bonds. The first kappa shape index (κ1) is 14.2. The Balaban J connectivity index is 2.21. The zero-order valence-corrected chi connectivity index (χ0v) is 12.0. The van der Waals surface area contributed by atoms with Crippen molar-refractivity contribution < 1.29 is 9.84 Å². The highest BCUT2D eigenvalue weighted by atomic mass is 16.5. The largest absolute Gasteiger partial charge is 0.497 e. The molecule has 4 nitrogen and oxygen atoms in total. The maximum Gasteiger partial charge on any atom is 0.120 e. The summed E-state index contributed by atoms with van der Waals surface area (Å²) in [5, 5.41) is 9.55. The third kappa shape index (κ3) is 3.39. The predicted octanol–water partition coefficient (Wildman–Crippen LogP) is 1.44. The average molecular weight is 264 g/mol. The molecule has 1 fully saturated rings. The number of likely N-dealkylation sites (N-methyl/N-ethyl adjacent to an activating group) is 1. The number of benzene rings is 1. The number of methoxy groups -OCH3 is 1. The molecule has 4 heteroatoms. The van der Waals surface area contributed by atoms with Crippen LogP contribution in [0.25, 0.3) is 0 Å². The molecule has 1 saturated heterocycles. The van der Waals surface area contributed by atoms with E-state index in [0.29, 0.717) is 5.92 Å². The highest BCUT2D eigenvalue weighted by molar-refractivity contribution is 5.51. The van der Waals surface area contributed by atoms with Crippen molar-refractivity contribution in [3.05, 3.63) is 24.3 Å². The molecule has 19 heavy (non-hydrogen) atoms. The van der Waals surface area contributed by atoms with Crippen LogP contribution in [0.3, 0.4) is 0 Å². The fourth-order valence-electron chi connectivity index (χ4n) is 2.76. The van der Waals surface area contributed by atoms with Gasteiger partial charge >= 0.3 is 0 Å². The first-order valence-corrected chi connectivity index (χ1v) is 6.84. The number of hydrogen-bond acceptors (Lipinski definition) is 4. The molecule has 0 aromatic heterocycles. The third-order valence-electron chi connectivity index (χ3n) is 3.82. The van der Waals surface area contributed by atoms with Crippen molar-refractivity contribution in [2.75, 3.05) is 45.3 Å². The van der Waals surface area contributed by atoms with E-state index < -0.39 is 0 Å². The Morgan fingerprint density at radius 3 is 2.79 bits per heavy atom. The van der Waals surface area contributed by atoms with Crippen molar-refractivity contribution >= 4 is 5.69 Å². The Labute approximate surface area is 115 Å². The predicted molar refractivity (Wildman–Crippen MR) is 77.9 cm³/mol. The lowest BCUT2D eigenvalue weighted by Crippen LogP contribution is -2.41. The summed E-state index contributed by atoms with van der Waals surface area (Å²) in [5.74, 6) is 1.45. The number of rotatable bonds is 3. The lowest BCUT2D eigenvalue weighted by Gasteiger charge is -2.29. The van der Waals surface area contributed by atoms with Gasteiger partial charge in [-0.25, -0.2) is 0 Å². The molecule has 0 bridgehead atoms. The number of hydrogen-bond donors (Lipinski definition) is 1. The molecule has 0 saturated carbocycles. The van der Waals surface area contributed by atoms with E-state index in [4.69, 9.17) is 4.74 Å². The Hall–Kier alpha value is -1.26. The van der Waals surface area contributed by atoms with Gasteiger partial charge in [0.15, 0.2) is 0 Å². The van der Waals surface area contributed by atoms with Crippen molar-refractivity contribution in [1.82, 2.24) is 4.90 Å². The lowest BCUT2D eigenvalue weighted by atomic mass is 10.1. The highest BCUT2D eigenvalue weighted by Crippen LogP contribution is 2.24. The Kier molecular flexibility index (Phi) is 4.66. The summed E-state index contributed by atoms with van der Waals surface area (Å²) >= 11 is 0. The van der Waals surface area contributed by atoms with Crippen LogP contribution in [0, 0.1) is 5.92 Å². The molecule has 1 N–H and O–H groups in total. The summed E-state index contributed by atoms with van der Waals surface area (Å²) < 4.78 is 5.29. The summed E-state index contributed by atoms with van der Waals surface area (Å²) in [6, 6.07) is 8.33. The highest BCUT2D eigenvalue weighted by Gasteiger charge is 2.25. The minimum Gasteiger partial charge on any atom is -0.497 e. The quantitative estimate of drug-likeness (QED) is 0.896. The van der Waals surface area contributed by atoms with Crippen LogP contribution in [0.1, 0.15) is 6.92 Å². The second kappa shape index (κ2) is 6.26. The van der Waals surface area contributed by atoms with E-state index in [-0.39, 0.29) is 12.6 Å². The van der Waals surface area contributed by atoms with Crippen molar-refractivity contribution in [2.45, 2.75) is 13.0 Å². The van der Waals surface area contributed by atoms with Gasteiger partial charge in [-0.3, -0.25) is 4.90 Å². The monoisotopic (exact) mass is 264 g/mol. The van der Waals surface area contributed by atoms with Gasteiger partial charge in [-0.15, -0.1) is 0 Å². The molecule has 2 rings (SSSR count). The van der Waals surface area contributed by atoms with Gasteiger partial charge in [0.25, 0.3) is 0 Å². The topological polar surface area (TPSA) is 35.9 Å².